The quantitative estimate of drug-likeness (QED) is 0.736. The summed E-state index contributed by atoms with van der Waals surface area (Å²) >= 11 is 0. The van der Waals surface area contributed by atoms with Gasteiger partial charge in [-0.3, -0.25) is 9.88 Å². The highest BCUT2D eigenvalue weighted by atomic mass is 16.4. The summed E-state index contributed by atoms with van der Waals surface area (Å²) in [7, 11) is 0. The lowest BCUT2D eigenvalue weighted by molar-refractivity contribution is 0.209. The van der Waals surface area contributed by atoms with Gasteiger partial charge < -0.3 is 5.11 Å². The van der Waals surface area contributed by atoms with Gasteiger partial charge in [0.1, 0.15) is 5.52 Å². The first-order valence-corrected chi connectivity index (χ1v) is 5.64. The molecule has 2 aromatic heterocycles. The molecule has 0 aliphatic carbocycles. The van der Waals surface area contributed by atoms with E-state index in [1.54, 1.807) is 22.9 Å². The molecule has 94 valence electrons. The Bertz CT molecular complexity index is 737. The molecule has 2 heterocycles. The van der Waals surface area contributed by atoms with Crippen LogP contribution in [0.5, 0.6) is 0 Å². The smallest absolute Gasteiger partial charge is 0.411 e. The zero-order valence-electron chi connectivity index (χ0n) is 9.82. The molecule has 19 heavy (non-hydrogen) atoms. The first-order chi connectivity index (χ1) is 9.25. The van der Waals surface area contributed by atoms with Crippen LogP contribution in [0.25, 0.3) is 16.9 Å². The number of hydrogen-bond acceptors (Lipinski definition) is 3. The number of hydrogen-bond donors (Lipinski definition) is 2. The zero-order valence-corrected chi connectivity index (χ0v) is 9.82. The average molecular weight is 254 g/mol. The molecule has 1 amide bonds. The van der Waals surface area contributed by atoms with Gasteiger partial charge in [-0.2, -0.15) is 0 Å². The molecule has 0 spiro atoms. The predicted octanol–water partition coefficient (Wildman–Crippen LogP) is 2.51. The summed E-state index contributed by atoms with van der Waals surface area (Å²) in [5, 5.41) is 11.2. The standard InChI is InChI=1S/C13H10N4O2/c18-13(19)16-12-15-10-7-4-8-14-11(10)17(12)9-5-2-1-3-6-9/h1-8H,(H,15,16)(H,18,19). The second kappa shape index (κ2) is 4.41. The Labute approximate surface area is 108 Å². The Kier molecular flexibility index (Phi) is 2.60. The van der Waals surface area contributed by atoms with Gasteiger partial charge >= 0.3 is 6.09 Å². The molecule has 6 heteroatoms. The molecule has 0 saturated carbocycles. The predicted molar refractivity (Wildman–Crippen MR) is 70.5 cm³/mol. The van der Waals surface area contributed by atoms with Crippen molar-refractivity contribution in [1.82, 2.24) is 14.5 Å². The Morgan fingerprint density at radius 2 is 1.95 bits per heavy atom. The Morgan fingerprint density at radius 1 is 1.16 bits per heavy atom. The maximum atomic E-state index is 10.8. The number of benzene rings is 1. The normalized spacial score (nSPS) is 10.5. The van der Waals surface area contributed by atoms with E-state index >= 15 is 0 Å². The van der Waals surface area contributed by atoms with Crippen LogP contribution in [0.1, 0.15) is 0 Å². The molecular weight excluding hydrogens is 244 g/mol. The molecule has 0 unspecified atom stereocenters. The highest BCUT2D eigenvalue weighted by Crippen LogP contribution is 2.22. The van der Waals surface area contributed by atoms with Crippen molar-refractivity contribution >= 4 is 23.2 Å². The van der Waals surface area contributed by atoms with Gasteiger partial charge in [0.15, 0.2) is 5.65 Å². The molecule has 3 aromatic rings. The van der Waals surface area contributed by atoms with Gasteiger partial charge in [-0.1, -0.05) is 18.2 Å². The van der Waals surface area contributed by atoms with Crippen LogP contribution in [-0.2, 0) is 0 Å². The highest BCUT2D eigenvalue weighted by Gasteiger charge is 2.14. The lowest BCUT2D eigenvalue weighted by Crippen LogP contribution is -2.12. The van der Waals surface area contributed by atoms with Gasteiger partial charge in [0.2, 0.25) is 5.95 Å². The van der Waals surface area contributed by atoms with Crippen molar-refractivity contribution in [3.63, 3.8) is 0 Å². The van der Waals surface area contributed by atoms with Crippen LogP contribution in [0.2, 0.25) is 0 Å². The average Bonchev–Trinajstić information content (AvgIpc) is 2.76. The van der Waals surface area contributed by atoms with E-state index in [2.05, 4.69) is 15.3 Å². The first-order valence-electron chi connectivity index (χ1n) is 5.64. The molecule has 0 fully saturated rings. The van der Waals surface area contributed by atoms with E-state index in [-0.39, 0.29) is 5.95 Å². The number of nitrogens with zero attached hydrogens (tertiary/aromatic N) is 3. The molecule has 0 saturated heterocycles. The summed E-state index contributed by atoms with van der Waals surface area (Å²) in [5.41, 5.74) is 2.04. The minimum Gasteiger partial charge on any atom is -0.465 e. The molecule has 1 aromatic carbocycles. The third-order valence-corrected chi connectivity index (χ3v) is 2.65. The lowest BCUT2D eigenvalue weighted by atomic mass is 10.3. The van der Waals surface area contributed by atoms with E-state index < -0.39 is 6.09 Å². The number of carbonyl (C=O) groups is 1. The molecule has 3 rings (SSSR count). The number of amides is 1. The van der Waals surface area contributed by atoms with Gasteiger partial charge in [0.25, 0.3) is 0 Å². The van der Waals surface area contributed by atoms with Crippen LogP contribution in [-0.4, -0.2) is 25.7 Å². The zero-order chi connectivity index (χ0) is 13.2. The highest BCUT2D eigenvalue weighted by molar-refractivity contribution is 5.85. The second-order valence-corrected chi connectivity index (χ2v) is 3.88. The molecule has 6 nitrogen and oxygen atoms in total. The van der Waals surface area contributed by atoms with Crippen LogP contribution in [0, 0.1) is 0 Å². The van der Waals surface area contributed by atoms with Crippen LogP contribution in [0.3, 0.4) is 0 Å². The van der Waals surface area contributed by atoms with Gasteiger partial charge in [-0.25, -0.2) is 14.8 Å². The summed E-state index contributed by atoms with van der Waals surface area (Å²) in [6.07, 6.45) is 0.487. The van der Waals surface area contributed by atoms with E-state index in [4.69, 9.17) is 5.11 Å². The van der Waals surface area contributed by atoms with Crippen LogP contribution >= 0.6 is 0 Å². The van der Waals surface area contributed by atoms with Gasteiger partial charge in [-0.05, 0) is 24.3 Å². The van der Waals surface area contributed by atoms with Crippen molar-refractivity contribution < 1.29 is 9.90 Å². The number of nitrogens with one attached hydrogen (secondary N) is 1. The van der Waals surface area contributed by atoms with Crippen molar-refractivity contribution in [3.8, 4) is 5.69 Å². The number of rotatable bonds is 2. The number of anilines is 1. The largest absolute Gasteiger partial charge is 0.465 e. The van der Waals surface area contributed by atoms with E-state index in [1.807, 2.05) is 30.3 Å². The van der Waals surface area contributed by atoms with Gasteiger partial charge in [-0.15, -0.1) is 0 Å². The van der Waals surface area contributed by atoms with E-state index in [0.717, 1.165) is 5.69 Å². The lowest BCUT2D eigenvalue weighted by Gasteiger charge is -2.07. The number of imidazole rings is 1. The summed E-state index contributed by atoms with van der Waals surface area (Å²) < 4.78 is 1.67. The fourth-order valence-corrected chi connectivity index (χ4v) is 1.91. The Hall–Kier alpha value is -2.89. The van der Waals surface area contributed by atoms with E-state index in [0.29, 0.717) is 11.2 Å². The topological polar surface area (TPSA) is 80.0 Å². The van der Waals surface area contributed by atoms with Gasteiger partial charge in [0.05, 0.1) is 5.69 Å². The fourth-order valence-electron chi connectivity index (χ4n) is 1.91. The third kappa shape index (κ3) is 1.99. The molecular formula is C13H10N4O2. The second-order valence-electron chi connectivity index (χ2n) is 3.88. The molecule has 0 aliphatic heterocycles. The summed E-state index contributed by atoms with van der Waals surface area (Å²) in [6.45, 7) is 0. The Morgan fingerprint density at radius 3 is 2.68 bits per heavy atom. The van der Waals surface area contributed by atoms with Crippen molar-refractivity contribution in [2.24, 2.45) is 0 Å². The Balaban J connectivity index is 2.27. The molecule has 0 bridgehead atoms. The molecule has 2 N–H and O–H groups in total. The summed E-state index contributed by atoms with van der Waals surface area (Å²) in [4.78, 5) is 19.3. The third-order valence-electron chi connectivity index (χ3n) is 2.65. The number of fused-ring (bicyclic) bond motifs is 1. The maximum Gasteiger partial charge on any atom is 0.411 e. The van der Waals surface area contributed by atoms with E-state index in [9.17, 15) is 4.79 Å². The van der Waals surface area contributed by atoms with Crippen molar-refractivity contribution in [2.45, 2.75) is 0 Å². The van der Waals surface area contributed by atoms with Crippen molar-refractivity contribution in [3.05, 3.63) is 48.7 Å². The van der Waals surface area contributed by atoms with Crippen LogP contribution < -0.4 is 5.32 Å². The SMILES string of the molecule is O=C(O)Nc1nc2cccnc2n1-c1ccccc1. The number of carboxylic acid groups (broad SMARTS) is 1. The minimum absolute atomic E-state index is 0.229. The van der Waals surface area contributed by atoms with E-state index in [1.165, 1.54) is 0 Å². The summed E-state index contributed by atoms with van der Waals surface area (Å²) in [6, 6.07) is 12.9. The molecule has 0 aliphatic rings. The fraction of sp³-hybridized carbons (Fsp3) is 0. The maximum absolute atomic E-state index is 10.8. The number of aromatic nitrogens is 3. The van der Waals surface area contributed by atoms with Crippen LogP contribution in [0.15, 0.2) is 48.7 Å². The number of para-hydroxylation sites is 1. The molecule has 0 atom stereocenters. The van der Waals surface area contributed by atoms with Gasteiger partial charge in [0, 0.05) is 6.20 Å². The number of pyridine rings is 1. The van der Waals surface area contributed by atoms with Crippen LogP contribution in [0.4, 0.5) is 10.7 Å². The monoisotopic (exact) mass is 254 g/mol. The van der Waals surface area contributed by atoms with Crippen molar-refractivity contribution in [2.75, 3.05) is 5.32 Å². The minimum atomic E-state index is -1.16. The first kappa shape index (κ1) is 11.2. The van der Waals surface area contributed by atoms with Crippen molar-refractivity contribution in [1.29, 1.82) is 0 Å². The summed E-state index contributed by atoms with van der Waals surface area (Å²) in [5.74, 6) is 0.229. The molecule has 0 radical (unpaired) electrons.